The Morgan fingerprint density at radius 3 is 2.33 bits per heavy atom. The van der Waals surface area contributed by atoms with Gasteiger partial charge in [0.2, 0.25) is 0 Å². The second-order valence-corrected chi connectivity index (χ2v) is 5.79. The molecule has 1 heteroatoms. The van der Waals surface area contributed by atoms with Crippen molar-refractivity contribution < 1.29 is 4.79 Å². The first-order valence-electron chi connectivity index (χ1n) is 6.76. The Balaban J connectivity index is 1.84. The number of Topliss-reactive ketones (excluding diaryl/α,β-unsaturated/α-hetero) is 1. The van der Waals surface area contributed by atoms with E-state index in [1.807, 2.05) is 18.2 Å². The Labute approximate surface area is 107 Å². The van der Waals surface area contributed by atoms with Crippen LogP contribution in [0.3, 0.4) is 0 Å². The van der Waals surface area contributed by atoms with Crippen LogP contribution in [0, 0.1) is 23.7 Å². The van der Waals surface area contributed by atoms with E-state index in [0.717, 1.165) is 11.1 Å². The summed E-state index contributed by atoms with van der Waals surface area (Å²) in [6.45, 7) is 2.17. The van der Waals surface area contributed by atoms with E-state index in [0.29, 0.717) is 23.5 Å². The van der Waals surface area contributed by atoms with E-state index in [9.17, 15) is 4.79 Å². The van der Waals surface area contributed by atoms with E-state index in [2.05, 4.69) is 31.2 Å². The molecule has 0 N–H and O–H groups in total. The Morgan fingerprint density at radius 2 is 1.67 bits per heavy atom. The maximum absolute atomic E-state index is 12.7. The smallest absolute Gasteiger partial charge is 0.167 e. The largest absolute Gasteiger partial charge is 0.294 e. The number of hydrogen-bond donors (Lipinski definition) is 0. The van der Waals surface area contributed by atoms with E-state index in [1.54, 1.807) is 0 Å². The van der Waals surface area contributed by atoms with Crippen molar-refractivity contribution in [1.29, 1.82) is 0 Å². The minimum absolute atomic E-state index is 0.246. The summed E-state index contributed by atoms with van der Waals surface area (Å²) in [5.41, 5.74) is 3.44. The molecule has 0 radical (unpaired) electrons. The van der Waals surface area contributed by atoms with E-state index in [4.69, 9.17) is 0 Å². The molecule has 1 nitrogen and oxygen atoms in total. The lowest BCUT2D eigenvalue weighted by atomic mass is 9.82. The molecule has 4 atom stereocenters. The number of benzene rings is 1. The van der Waals surface area contributed by atoms with Gasteiger partial charge in [-0.1, -0.05) is 48.1 Å². The summed E-state index contributed by atoms with van der Waals surface area (Å²) in [7, 11) is 0. The van der Waals surface area contributed by atoms with Gasteiger partial charge in [0.25, 0.3) is 0 Å². The molecule has 0 aliphatic heterocycles. The average Bonchev–Trinajstić information content (AvgIpc) is 3.05. The molecule has 18 heavy (non-hydrogen) atoms. The molecule has 3 aliphatic carbocycles. The summed E-state index contributed by atoms with van der Waals surface area (Å²) < 4.78 is 0. The molecule has 0 amide bonds. The molecule has 4 rings (SSSR count). The second-order valence-electron chi connectivity index (χ2n) is 5.79. The Kier molecular flexibility index (Phi) is 1.97. The first-order valence-corrected chi connectivity index (χ1v) is 6.76. The molecule has 90 valence electrons. The molecule has 0 spiro atoms. The summed E-state index contributed by atoms with van der Waals surface area (Å²) in [6.07, 6.45) is 5.79. The van der Waals surface area contributed by atoms with Crippen LogP contribution in [0.5, 0.6) is 0 Å². The van der Waals surface area contributed by atoms with Crippen LogP contribution in [-0.2, 0) is 4.79 Å². The predicted molar refractivity (Wildman–Crippen MR) is 71.8 cm³/mol. The second kappa shape index (κ2) is 3.44. The third-order valence-electron chi connectivity index (χ3n) is 4.97. The quantitative estimate of drug-likeness (QED) is 0.682. The van der Waals surface area contributed by atoms with Crippen LogP contribution in [0.2, 0.25) is 0 Å². The zero-order valence-electron chi connectivity index (χ0n) is 10.5. The number of rotatable bonds is 1. The Bertz CT molecular complexity index is 579. The van der Waals surface area contributed by atoms with Gasteiger partial charge in [0.05, 0.1) is 0 Å². The minimum Gasteiger partial charge on any atom is -0.294 e. The maximum atomic E-state index is 12.7. The van der Waals surface area contributed by atoms with Gasteiger partial charge in [-0.2, -0.15) is 0 Å². The molecule has 1 saturated carbocycles. The highest BCUT2D eigenvalue weighted by Gasteiger charge is 2.53. The Hall–Kier alpha value is -1.63. The van der Waals surface area contributed by atoms with Crippen LogP contribution < -0.4 is 0 Å². The van der Waals surface area contributed by atoms with Crippen LogP contribution in [0.15, 0.2) is 48.1 Å². The van der Waals surface area contributed by atoms with E-state index in [1.165, 1.54) is 12.0 Å². The lowest BCUT2D eigenvalue weighted by Crippen LogP contribution is -2.21. The SMILES string of the molecule is CC1=C(c2ccccc2)C(=O)[C@H]2[C@@H]1[C@@H]1C=C[C@H]2C1. The first-order chi connectivity index (χ1) is 8.77. The van der Waals surface area contributed by atoms with Crippen LogP contribution in [0.4, 0.5) is 0 Å². The van der Waals surface area contributed by atoms with Gasteiger partial charge in [-0.05, 0) is 36.7 Å². The lowest BCUT2D eigenvalue weighted by molar-refractivity contribution is -0.117. The highest BCUT2D eigenvalue weighted by molar-refractivity contribution is 6.25. The van der Waals surface area contributed by atoms with Crippen molar-refractivity contribution in [2.45, 2.75) is 13.3 Å². The monoisotopic (exact) mass is 236 g/mol. The number of ketones is 1. The highest BCUT2D eigenvalue weighted by Crippen LogP contribution is 2.57. The average molecular weight is 236 g/mol. The Morgan fingerprint density at radius 1 is 1.00 bits per heavy atom. The topological polar surface area (TPSA) is 17.1 Å². The standard InChI is InChI=1S/C17H16O/c1-10-14-12-7-8-13(9-12)16(14)17(18)15(10)11-5-3-2-4-6-11/h2-8,12-14,16H,9H2,1H3/t12-,13+,14+,16-/m1/s1. The van der Waals surface area contributed by atoms with Crippen LogP contribution in [-0.4, -0.2) is 5.78 Å². The number of allylic oxidation sites excluding steroid dienone is 4. The van der Waals surface area contributed by atoms with Gasteiger partial charge in [-0.15, -0.1) is 0 Å². The van der Waals surface area contributed by atoms with E-state index in [-0.39, 0.29) is 5.92 Å². The molecule has 1 aromatic rings. The molecule has 1 aromatic carbocycles. The third kappa shape index (κ3) is 1.14. The number of carbonyl (C=O) groups excluding carboxylic acids is 1. The van der Waals surface area contributed by atoms with Crippen molar-refractivity contribution in [3.63, 3.8) is 0 Å². The molecule has 1 fully saturated rings. The summed E-state index contributed by atoms with van der Waals surface area (Å²) in [6, 6.07) is 10.2. The van der Waals surface area contributed by atoms with Crippen LogP contribution in [0.1, 0.15) is 18.9 Å². The van der Waals surface area contributed by atoms with Gasteiger partial charge >= 0.3 is 0 Å². The van der Waals surface area contributed by atoms with Crippen molar-refractivity contribution in [3.8, 4) is 0 Å². The fraction of sp³-hybridized carbons (Fsp3) is 0.353. The highest BCUT2D eigenvalue weighted by atomic mass is 16.1. The number of hydrogen-bond acceptors (Lipinski definition) is 1. The zero-order chi connectivity index (χ0) is 12.3. The number of carbonyl (C=O) groups is 1. The fourth-order valence-corrected chi connectivity index (χ4v) is 4.27. The van der Waals surface area contributed by atoms with E-state index < -0.39 is 0 Å². The molecular weight excluding hydrogens is 220 g/mol. The van der Waals surface area contributed by atoms with Crippen LogP contribution >= 0.6 is 0 Å². The van der Waals surface area contributed by atoms with Gasteiger partial charge < -0.3 is 0 Å². The van der Waals surface area contributed by atoms with Gasteiger partial charge in [0, 0.05) is 11.5 Å². The molecule has 2 bridgehead atoms. The maximum Gasteiger partial charge on any atom is 0.167 e. The van der Waals surface area contributed by atoms with Gasteiger partial charge in [0.1, 0.15) is 0 Å². The minimum atomic E-state index is 0.246. The first kappa shape index (κ1) is 10.3. The van der Waals surface area contributed by atoms with E-state index >= 15 is 0 Å². The zero-order valence-corrected chi connectivity index (χ0v) is 10.5. The fourth-order valence-electron chi connectivity index (χ4n) is 4.27. The van der Waals surface area contributed by atoms with Gasteiger partial charge in [0.15, 0.2) is 5.78 Å². The van der Waals surface area contributed by atoms with Crippen molar-refractivity contribution in [3.05, 3.63) is 53.6 Å². The molecular formula is C17H16O. The van der Waals surface area contributed by atoms with Crippen molar-refractivity contribution in [2.75, 3.05) is 0 Å². The van der Waals surface area contributed by atoms with Gasteiger partial charge in [-0.25, -0.2) is 0 Å². The molecule has 3 aliphatic rings. The third-order valence-corrected chi connectivity index (χ3v) is 4.97. The normalized spacial score (nSPS) is 36.6. The lowest BCUT2D eigenvalue weighted by Gasteiger charge is -2.20. The van der Waals surface area contributed by atoms with Crippen LogP contribution in [0.25, 0.3) is 5.57 Å². The summed E-state index contributed by atoms with van der Waals surface area (Å²) in [5, 5.41) is 0. The van der Waals surface area contributed by atoms with Gasteiger partial charge in [-0.3, -0.25) is 4.79 Å². The predicted octanol–water partition coefficient (Wildman–Crippen LogP) is 3.48. The molecule has 0 heterocycles. The molecule has 0 saturated heterocycles. The van der Waals surface area contributed by atoms with Crippen molar-refractivity contribution in [1.82, 2.24) is 0 Å². The van der Waals surface area contributed by atoms with Crippen molar-refractivity contribution in [2.24, 2.45) is 23.7 Å². The summed E-state index contributed by atoms with van der Waals surface area (Å²) in [4.78, 5) is 12.7. The molecule has 0 unspecified atom stereocenters. The summed E-state index contributed by atoms with van der Waals surface area (Å²) in [5.74, 6) is 2.24. The molecule has 0 aromatic heterocycles. The number of fused-ring (bicyclic) bond motifs is 5. The van der Waals surface area contributed by atoms with Crippen molar-refractivity contribution >= 4 is 11.4 Å². The summed E-state index contributed by atoms with van der Waals surface area (Å²) >= 11 is 0.